The van der Waals surface area contributed by atoms with Gasteiger partial charge in [-0.05, 0) is 50.0 Å². The summed E-state index contributed by atoms with van der Waals surface area (Å²) in [6.45, 7) is 5.33. The summed E-state index contributed by atoms with van der Waals surface area (Å²) in [6.07, 6.45) is 6.37. The molecule has 1 N–H and O–H groups in total. The molecule has 3 rings (SSSR count). The first-order valence-electron chi connectivity index (χ1n) is 8.91. The fourth-order valence-corrected chi connectivity index (χ4v) is 6.65. The third kappa shape index (κ3) is 3.10. The number of piperidine rings is 1. The minimum Gasteiger partial charge on any atom is -0.314 e. The van der Waals surface area contributed by atoms with Gasteiger partial charge in [0.1, 0.15) is 5.78 Å². The molecule has 2 saturated carbocycles. The zero-order chi connectivity index (χ0) is 16.7. The highest BCUT2D eigenvalue weighted by Gasteiger charge is 2.65. The highest BCUT2D eigenvalue weighted by atomic mass is 32.2. The van der Waals surface area contributed by atoms with Gasteiger partial charge < -0.3 is 5.32 Å². The molecule has 0 spiro atoms. The van der Waals surface area contributed by atoms with E-state index in [2.05, 4.69) is 19.2 Å². The molecule has 3 aliphatic rings. The van der Waals surface area contributed by atoms with E-state index in [1.54, 1.807) is 0 Å². The molecule has 5 nitrogen and oxygen atoms in total. The Balaban J connectivity index is 1.59. The van der Waals surface area contributed by atoms with E-state index in [0.29, 0.717) is 31.2 Å². The zero-order valence-electron chi connectivity index (χ0n) is 14.3. The fraction of sp³-hybridized carbons (Fsp3) is 0.941. The Morgan fingerprint density at radius 3 is 2.61 bits per heavy atom. The Hall–Kier alpha value is -0.460. The summed E-state index contributed by atoms with van der Waals surface area (Å²) in [6, 6.07) is 0.359. The SMILES string of the molecule is CC1(C)[C@H]2CC[C@@]1(CS(=O)(=O)OCC[C@@H]1CCCCN1)C(=O)C2. The standard InChI is InChI=1S/C17H29NO4S/c1-16(2)13-6-8-17(16,15(19)11-13)12-23(20,21)22-10-7-14-5-3-4-9-18-14/h13-14,18H,3-12H2,1-2H3/t13-,14-,17+/m0/s1. The maximum atomic E-state index is 12.4. The first kappa shape index (κ1) is 17.4. The van der Waals surface area contributed by atoms with Gasteiger partial charge in [0, 0.05) is 12.5 Å². The van der Waals surface area contributed by atoms with Crippen molar-refractivity contribution in [1.29, 1.82) is 0 Å². The molecule has 0 amide bonds. The van der Waals surface area contributed by atoms with E-state index in [1.807, 2.05) is 0 Å². The topological polar surface area (TPSA) is 72.5 Å². The van der Waals surface area contributed by atoms with Gasteiger partial charge in [-0.2, -0.15) is 8.42 Å². The van der Waals surface area contributed by atoms with Crippen LogP contribution in [0, 0.1) is 16.7 Å². The molecule has 2 bridgehead atoms. The Morgan fingerprint density at radius 2 is 2.04 bits per heavy atom. The Bertz CT molecular complexity index is 565. The van der Waals surface area contributed by atoms with Crippen LogP contribution in [0.3, 0.4) is 0 Å². The van der Waals surface area contributed by atoms with Crippen LogP contribution in [0.4, 0.5) is 0 Å². The highest BCUT2D eigenvalue weighted by Crippen LogP contribution is 2.64. The molecule has 0 aromatic carbocycles. The van der Waals surface area contributed by atoms with E-state index < -0.39 is 15.5 Å². The lowest BCUT2D eigenvalue weighted by Crippen LogP contribution is -2.42. The third-order valence-corrected chi connectivity index (χ3v) is 8.08. The minimum absolute atomic E-state index is 0.125. The largest absolute Gasteiger partial charge is 0.314 e. The fourth-order valence-electron chi connectivity index (χ4n) is 4.94. The number of rotatable bonds is 6. The van der Waals surface area contributed by atoms with Crippen molar-refractivity contribution in [1.82, 2.24) is 5.32 Å². The van der Waals surface area contributed by atoms with Crippen LogP contribution in [-0.2, 0) is 19.1 Å². The van der Waals surface area contributed by atoms with Crippen LogP contribution >= 0.6 is 0 Å². The van der Waals surface area contributed by atoms with Gasteiger partial charge in [0.15, 0.2) is 0 Å². The van der Waals surface area contributed by atoms with Gasteiger partial charge in [-0.15, -0.1) is 0 Å². The quantitative estimate of drug-likeness (QED) is 0.749. The second kappa shape index (κ2) is 6.12. The van der Waals surface area contributed by atoms with Crippen molar-refractivity contribution >= 4 is 15.9 Å². The van der Waals surface area contributed by atoms with Gasteiger partial charge in [-0.3, -0.25) is 8.98 Å². The van der Waals surface area contributed by atoms with E-state index in [4.69, 9.17) is 4.18 Å². The summed E-state index contributed by atoms with van der Waals surface area (Å²) >= 11 is 0. The van der Waals surface area contributed by atoms with Crippen molar-refractivity contribution < 1.29 is 17.4 Å². The zero-order valence-corrected chi connectivity index (χ0v) is 15.1. The summed E-state index contributed by atoms with van der Waals surface area (Å²) in [5, 5.41) is 3.39. The van der Waals surface area contributed by atoms with E-state index in [-0.39, 0.29) is 23.6 Å². The van der Waals surface area contributed by atoms with E-state index >= 15 is 0 Å². The predicted octanol–water partition coefficient (Wildman–Crippen LogP) is 2.26. The lowest BCUT2D eigenvalue weighted by Gasteiger charge is -2.35. The Kier molecular flexibility index (Phi) is 4.62. The van der Waals surface area contributed by atoms with Crippen molar-refractivity contribution in [3.05, 3.63) is 0 Å². The van der Waals surface area contributed by atoms with Crippen LogP contribution in [0.1, 0.15) is 58.8 Å². The third-order valence-electron chi connectivity index (χ3n) is 6.70. The van der Waals surface area contributed by atoms with Crippen LogP contribution in [0.2, 0.25) is 0 Å². The van der Waals surface area contributed by atoms with Crippen molar-refractivity contribution in [3.8, 4) is 0 Å². The first-order valence-corrected chi connectivity index (χ1v) is 10.5. The van der Waals surface area contributed by atoms with Gasteiger partial charge in [0.05, 0.1) is 17.8 Å². The summed E-state index contributed by atoms with van der Waals surface area (Å²) in [5.74, 6) is 0.317. The number of ketones is 1. The predicted molar refractivity (Wildman–Crippen MR) is 88.6 cm³/mol. The van der Waals surface area contributed by atoms with Gasteiger partial charge >= 0.3 is 0 Å². The molecule has 3 fully saturated rings. The number of hydrogen-bond acceptors (Lipinski definition) is 5. The number of Topliss-reactive ketones (excluding diaryl/α,β-unsaturated/α-hetero) is 1. The molecule has 0 aromatic rings. The molecule has 2 aliphatic carbocycles. The molecule has 6 heteroatoms. The highest BCUT2D eigenvalue weighted by molar-refractivity contribution is 7.86. The summed E-state index contributed by atoms with van der Waals surface area (Å²) in [7, 11) is -3.66. The second-order valence-electron chi connectivity index (χ2n) is 8.13. The molecule has 132 valence electrons. The van der Waals surface area contributed by atoms with Crippen LogP contribution in [0.15, 0.2) is 0 Å². The van der Waals surface area contributed by atoms with Crippen LogP contribution in [0.25, 0.3) is 0 Å². The number of hydrogen-bond donors (Lipinski definition) is 1. The minimum atomic E-state index is -3.66. The molecule has 23 heavy (non-hydrogen) atoms. The smallest absolute Gasteiger partial charge is 0.268 e. The molecule has 3 atom stereocenters. The molecule has 1 heterocycles. The van der Waals surface area contributed by atoms with Crippen LogP contribution in [-0.4, -0.2) is 39.1 Å². The van der Waals surface area contributed by atoms with Gasteiger partial charge in [-0.1, -0.05) is 20.3 Å². The van der Waals surface area contributed by atoms with Crippen molar-refractivity contribution in [2.24, 2.45) is 16.7 Å². The maximum absolute atomic E-state index is 12.4. The monoisotopic (exact) mass is 343 g/mol. The lowest BCUT2D eigenvalue weighted by atomic mass is 9.70. The summed E-state index contributed by atoms with van der Waals surface area (Å²) < 4.78 is 30.2. The van der Waals surface area contributed by atoms with Crippen LogP contribution < -0.4 is 5.32 Å². The van der Waals surface area contributed by atoms with Crippen LogP contribution in [0.5, 0.6) is 0 Å². The molecular weight excluding hydrogens is 314 g/mol. The average Bonchev–Trinajstić information content (AvgIpc) is 2.82. The first-order chi connectivity index (χ1) is 10.8. The van der Waals surface area contributed by atoms with Gasteiger partial charge in [0.2, 0.25) is 0 Å². The van der Waals surface area contributed by atoms with E-state index in [0.717, 1.165) is 19.4 Å². The van der Waals surface area contributed by atoms with Gasteiger partial charge in [-0.25, -0.2) is 0 Å². The normalized spacial score (nSPS) is 36.5. The van der Waals surface area contributed by atoms with Crippen molar-refractivity contribution in [3.63, 3.8) is 0 Å². The molecule has 0 radical (unpaired) electrons. The Morgan fingerprint density at radius 1 is 1.26 bits per heavy atom. The van der Waals surface area contributed by atoms with E-state index in [9.17, 15) is 13.2 Å². The van der Waals surface area contributed by atoms with Crippen molar-refractivity contribution in [2.45, 2.75) is 64.8 Å². The maximum Gasteiger partial charge on any atom is 0.268 e. The number of carbonyl (C=O) groups is 1. The lowest BCUT2D eigenvalue weighted by molar-refractivity contribution is -0.128. The number of fused-ring (bicyclic) bond motifs is 2. The summed E-state index contributed by atoms with van der Waals surface area (Å²) in [5.41, 5.74) is -0.953. The summed E-state index contributed by atoms with van der Waals surface area (Å²) in [4.78, 5) is 12.4. The number of carbonyl (C=O) groups excluding carboxylic acids is 1. The van der Waals surface area contributed by atoms with Gasteiger partial charge in [0.25, 0.3) is 10.1 Å². The second-order valence-corrected chi connectivity index (χ2v) is 9.77. The molecule has 0 aromatic heterocycles. The average molecular weight is 343 g/mol. The molecule has 1 saturated heterocycles. The molecule has 1 aliphatic heterocycles. The molecule has 0 unspecified atom stereocenters. The van der Waals surface area contributed by atoms with Crippen molar-refractivity contribution in [2.75, 3.05) is 18.9 Å². The molecular formula is C17H29NO4S. The Labute approximate surface area is 139 Å². The van der Waals surface area contributed by atoms with E-state index in [1.165, 1.54) is 12.8 Å². The number of nitrogens with one attached hydrogen (secondary N) is 1.